The average Bonchev–Trinajstić information content (AvgIpc) is 2.75. The Bertz CT molecular complexity index is 1040. The second kappa shape index (κ2) is 9.80. The fourth-order valence-corrected chi connectivity index (χ4v) is 3.34. The van der Waals surface area contributed by atoms with Crippen molar-refractivity contribution in [3.8, 4) is 11.5 Å². The smallest absolute Gasteiger partial charge is 0.265 e. The lowest BCUT2D eigenvalue weighted by Crippen LogP contribution is -2.52. The topological polar surface area (TPSA) is 84.9 Å². The van der Waals surface area contributed by atoms with Crippen molar-refractivity contribution in [2.24, 2.45) is 5.92 Å². The van der Waals surface area contributed by atoms with Gasteiger partial charge in [-0.2, -0.15) is 0 Å². The largest absolute Gasteiger partial charge is 0.485 e. The van der Waals surface area contributed by atoms with Crippen LogP contribution in [0.2, 0.25) is 0 Å². The Morgan fingerprint density at radius 3 is 2.62 bits per heavy atom. The molecule has 0 radical (unpaired) electrons. The molecule has 1 unspecified atom stereocenters. The Kier molecular flexibility index (Phi) is 7.12. The first kappa shape index (κ1) is 23.2. The SMILES string of the molecule is Cc1cc(F)ccc1OCC(=O)c1ccc2c(c1)N(C(C)C(=O)NCC(C)C)C(=O)CO2. The van der Waals surface area contributed by atoms with E-state index in [1.165, 1.54) is 29.2 Å². The number of fused-ring (bicyclic) bond motifs is 1. The van der Waals surface area contributed by atoms with Gasteiger partial charge in [-0.3, -0.25) is 19.3 Å². The van der Waals surface area contributed by atoms with Gasteiger partial charge in [0.1, 0.15) is 23.4 Å². The summed E-state index contributed by atoms with van der Waals surface area (Å²) < 4.78 is 24.3. The van der Waals surface area contributed by atoms with Gasteiger partial charge >= 0.3 is 0 Å². The summed E-state index contributed by atoms with van der Waals surface area (Å²) >= 11 is 0. The molecule has 1 atom stereocenters. The van der Waals surface area contributed by atoms with E-state index in [2.05, 4.69) is 5.32 Å². The van der Waals surface area contributed by atoms with Crippen molar-refractivity contribution in [2.45, 2.75) is 33.7 Å². The van der Waals surface area contributed by atoms with Gasteiger partial charge in [-0.1, -0.05) is 13.8 Å². The summed E-state index contributed by atoms with van der Waals surface area (Å²) in [6.07, 6.45) is 0. The maximum absolute atomic E-state index is 13.3. The number of aryl methyl sites for hydroxylation is 1. The van der Waals surface area contributed by atoms with Crippen molar-refractivity contribution in [3.63, 3.8) is 0 Å². The van der Waals surface area contributed by atoms with Gasteiger partial charge in [0, 0.05) is 12.1 Å². The molecule has 0 fully saturated rings. The molecule has 0 spiro atoms. The van der Waals surface area contributed by atoms with Gasteiger partial charge in [-0.05, 0) is 61.7 Å². The molecule has 32 heavy (non-hydrogen) atoms. The van der Waals surface area contributed by atoms with Gasteiger partial charge in [0.2, 0.25) is 5.91 Å². The van der Waals surface area contributed by atoms with Crippen LogP contribution in [0.25, 0.3) is 0 Å². The second-order valence-electron chi connectivity index (χ2n) is 8.17. The van der Waals surface area contributed by atoms with Gasteiger partial charge in [0.25, 0.3) is 5.91 Å². The third-order valence-electron chi connectivity index (χ3n) is 5.11. The first-order chi connectivity index (χ1) is 15.2. The van der Waals surface area contributed by atoms with E-state index in [9.17, 15) is 18.8 Å². The van der Waals surface area contributed by atoms with E-state index in [1.807, 2.05) is 13.8 Å². The lowest BCUT2D eigenvalue weighted by Gasteiger charge is -2.33. The van der Waals surface area contributed by atoms with E-state index in [1.54, 1.807) is 26.0 Å². The molecule has 7 nitrogen and oxygen atoms in total. The van der Waals surface area contributed by atoms with Gasteiger partial charge < -0.3 is 14.8 Å². The number of anilines is 1. The number of amides is 2. The van der Waals surface area contributed by atoms with Gasteiger partial charge in [0.15, 0.2) is 19.0 Å². The number of carbonyl (C=O) groups excluding carboxylic acids is 3. The number of Topliss-reactive ketones (excluding diaryl/α,β-unsaturated/α-hetero) is 1. The van der Waals surface area contributed by atoms with Crippen LogP contribution in [0.4, 0.5) is 10.1 Å². The van der Waals surface area contributed by atoms with E-state index in [0.717, 1.165) is 0 Å². The van der Waals surface area contributed by atoms with Crippen molar-refractivity contribution < 1.29 is 28.2 Å². The molecule has 2 aromatic carbocycles. The van der Waals surface area contributed by atoms with Gasteiger partial charge in [-0.15, -0.1) is 0 Å². The summed E-state index contributed by atoms with van der Waals surface area (Å²) in [6, 6.07) is 8.00. The third kappa shape index (κ3) is 5.25. The maximum atomic E-state index is 13.3. The number of halogens is 1. The van der Waals surface area contributed by atoms with Crippen molar-refractivity contribution in [2.75, 3.05) is 24.7 Å². The minimum absolute atomic E-state index is 0.185. The zero-order valence-electron chi connectivity index (χ0n) is 18.6. The number of carbonyl (C=O) groups is 3. The molecular formula is C24H27FN2O5. The summed E-state index contributed by atoms with van der Waals surface area (Å²) in [5.74, 6) is -0.265. The van der Waals surface area contributed by atoms with Crippen LogP contribution in [0.5, 0.6) is 11.5 Å². The van der Waals surface area contributed by atoms with Crippen LogP contribution < -0.4 is 19.7 Å². The molecule has 8 heteroatoms. The first-order valence-electron chi connectivity index (χ1n) is 10.5. The summed E-state index contributed by atoms with van der Waals surface area (Å²) in [5, 5.41) is 2.83. The fraction of sp³-hybridized carbons (Fsp3) is 0.375. The van der Waals surface area contributed by atoms with Gasteiger partial charge in [0.05, 0.1) is 5.69 Å². The highest BCUT2D eigenvalue weighted by molar-refractivity contribution is 6.05. The Morgan fingerprint density at radius 1 is 1.19 bits per heavy atom. The van der Waals surface area contributed by atoms with Crippen molar-refractivity contribution >= 4 is 23.3 Å². The molecule has 0 bridgehead atoms. The molecule has 2 amide bonds. The van der Waals surface area contributed by atoms with Crippen LogP contribution in [0.15, 0.2) is 36.4 Å². The molecular weight excluding hydrogens is 415 g/mol. The summed E-state index contributed by atoms with van der Waals surface area (Å²) in [5.41, 5.74) is 1.24. The maximum Gasteiger partial charge on any atom is 0.265 e. The Hall–Kier alpha value is -3.42. The molecule has 3 rings (SSSR count). The summed E-state index contributed by atoms with van der Waals surface area (Å²) in [4.78, 5) is 39.2. The predicted molar refractivity (Wildman–Crippen MR) is 118 cm³/mol. The highest BCUT2D eigenvalue weighted by Gasteiger charge is 2.33. The molecule has 0 aliphatic carbocycles. The molecule has 1 aliphatic heterocycles. The Morgan fingerprint density at radius 2 is 1.94 bits per heavy atom. The van der Waals surface area contributed by atoms with Crippen molar-refractivity contribution in [3.05, 3.63) is 53.3 Å². The highest BCUT2D eigenvalue weighted by Crippen LogP contribution is 2.34. The van der Waals surface area contributed by atoms with E-state index in [0.29, 0.717) is 34.9 Å². The minimum Gasteiger partial charge on any atom is -0.485 e. The number of nitrogens with zero attached hydrogens (tertiary/aromatic N) is 1. The van der Waals surface area contributed by atoms with Crippen LogP contribution >= 0.6 is 0 Å². The van der Waals surface area contributed by atoms with E-state index in [4.69, 9.17) is 9.47 Å². The number of ether oxygens (including phenoxy) is 2. The minimum atomic E-state index is -0.771. The number of benzene rings is 2. The van der Waals surface area contributed by atoms with Crippen LogP contribution in [0.1, 0.15) is 36.7 Å². The Balaban J connectivity index is 1.79. The number of ketones is 1. The molecule has 170 valence electrons. The molecule has 0 saturated carbocycles. The number of hydrogen-bond donors (Lipinski definition) is 1. The number of rotatable bonds is 8. The van der Waals surface area contributed by atoms with Crippen LogP contribution in [0, 0.1) is 18.7 Å². The fourth-order valence-electron chi connectivity index (χ4n) is 3.34. The monoisotopic (exact) mass is 442 g/mol. The molecule has 1 heterocycles. The Labute approximate surface area is 186 Å². The summed E-state index contributed by atoms with van der Waals surface area (Å²) in [6.45, 7) is 7.33. The molecule has 0 saturated heterocycles. The standard InChI is InChI=1S/C24H27FN2O5/c1-14(2)11-26-24(30)16(4)27-19-10-17(5-7-22(19)32-13-23(27)29)20(28)12-31-21-8-6-18(25)9-15(21)3/h5-10,14,16H,11-13H2,1-4H3,(H,26,30). The molecule has 2 aromatic rings. The van der Waals surface area contributed by atoms with Crippen LogP contribution in [-0.4, -0.2) is 43.4 Å². The summed E-state index contributed by atoms with van der Waals surface area (Å²) in [7, 11) is 0. The highest BCUT2D eigenvalue weighted by atomic mass is 19.1. The zero-order chi connectivity index (χ0) is 23.4. The number of nitrogens with one attached hydrogen (secondary N) is 1. The molecule has 1 aliphatic rings. The quantitative estimate of drug-likeness (QED) is 0.635. The first-order valence-corrected chi connectivity index (χ1v) is 10.5. The van der Waals surface area contributed by atoms with Gasteiger partial charge in [-0.25, -0.2) is 4.39 Å². The predicted octanol–water partition coefficient (Wildman–Crippen LogP) is 3.28. The number of hydrogen-bond acceptors (Lipinski definition) is 5. The third-order valence-corrected chi connectivity index (χ3v) is 5.11. The normalized spacial score (nSPS) is 13.9. The second-order valence-corrected chi connectivity index (χ2v) is 8.17. The van der Waals surface area contributed by atoms with Crippen molar-refractivity contribution in [1.82, 2.24) is 5.32 Å². The van der Waals surface area contributed by atoms with E-state index < -0.39 is 6.04 Å². The van der Waals surface area contributed by atoms with E-state index in [-0.39, 0.29) is 42.5 Å². The van der Waals surface area contributed by atoms with Crippen LogP contribution in [-0.2, 0) is 9.59 Å². The lowest BCUT2D eigenvalue weighted by atomic mass is 10.1. The lowest BCUT2D eigenvalue weighted by molar-refractivity contribution is -0.127. The average molecular weight is 442 g/mol. The van der Waals surface area contributed by atoms with Crippen LogP contribution in [0.3, 0.4) is 0 Å². The van der Waals surface area contributed by atoms with E-state index >= 15 is 0 Å². The molecule has 1 N–H and O–H groups in total. The zero-order valence-corrected chi connectivity index (χ0v) is 18.6. The molecule has 0 aromatic heterocycles. The van der Waals surface area contributed by atoms with Crippen molar-refractivity contribution in [1.29, 1.82) is 0 Å².